The van der Waals surface area contributed by atoms with Gasteiger partial charge in [0.05, 0.1) is 5.02 Å². The lowest BCUT2D eigenvalue weighted by Crippen LogP contribution is -1.77. The Morgan fingerprint density at radius 1 is 1.38 bits per heavy atom. The minimum Gasteiger partial charge on any atom is -0.508 e. The van der Waals surface area contributed by atoms with Crippen LogP contribution in [0.4, 0.5) is 0 Å². The fourth-order valence-electron chi connectivity index (χ4n) is 0.936. The molecule has 0 radical (unpaired) electrons. The molecule has 0 unspecified atom stereocenters. The molecule has 0 aliphatic carbocycles. The van der Waals surface area contributed by atoms with E-state index in [2.05, 4.69) is 0 Å². The van der Waals surface area contributed by atoms with E-state index in [0.29, 0.717) is 11.4 Å². The Balaban J connectivity index is 2.77. The second-order valence-electron chi connectivity index (χ2n) is 2.62. The SMILES string of the molecule is OCCC=Cc1ccc(O)cc1Cl. The highest BCUT2D eigenvalue weighted by atomic mass is 35.5. The zero-order valence-corrected chi connectivity index (χ0v) is 7.83. The molecule has 0 amide bonds. The first-order valence-electron chi connectivity index (χ1n) is 4.00. The number of hydrogen-bond acceptors (Lipinski definition) is 2. The zero-order chi connectivity index (χ0) is 9.68. The van der Waals surface area contributed by atoms with E-state index in [0.717, 1.165) is 5.56 Å². The highest BCUT2D eigenvalue weighted by Crippen LogP contribution is 2.22. The quantitative estimate of drug-likeness (QED) is 0.783. The molecule has 70 valence electrons. The lowest BCUT2D eigenvalue weighted by atomic mass is 10.2. The Hall–Kier alpha value is -0.990. The summed E-state index contributed by atoms with van der Waals surface area (Å²) in [5.41, 5.74) is 0.841. The fraction of sp³-hybridized carbons (Fsp3) is 0.200. The first-order chi connectivity index (χ1) is 6.24. The van der Waals surface area contributed by atoms with Crippen LogP contribution in [0.5, 0.6) is 5.75 Å². The zero-order valence-electron chi connectivity index (χ0n) is 7.07. The molecule has 1 rings (SSSR count). The Kier molecular flexibility index (Phi) is 3.80. The number of aliphatic hydroxyl groups excluding tert-OH is 1. The maximum absolute atomic E-state index is 9.06. The normalized spacial score (nSPS) is 10.9. The van der Waals surface area contributed by atoms with Crippen LogP contribution in [0.3, 0.4) is 0 Å². The van der Waals surface area contributed by atoms with Gasteiger partial charge in [-0.1, -0.05) is 23.8 Å². The van der Waals surface area contributed by atoms with Gasteiger partial charge in [0.25, 0.3) is 0 Å². The molecule has 13 heavy (non-hydrogen) atoms. The molecule has 0 aromatic heterocycles. The molecular formula is C10H11ClO2. The van der Waals surface area contributed by atoms with Crippen molar-refractivity contribution < 1.29 is 10.2 Å². The van der Waals surface area contributed by atoms with Crippen LogP contribution in [0, 0.1) is 0 Å². The van der Waals surface area contributed by atoms with E-state index in [1.165, 1.54) is 6.07 Å². The first-order valence-corrected chi connectivity index (χ1v) is 4.38. The first kappa shape index (κ1) is 10.1. The van der Waals surface area contributed by atoms with E-state index in [1.54, 1.807) is 12.1 Å². The number of aliphatic hydroxyl groups is 1. The van der Waals surface area contributed by atoms with Crippen molar-refractivity contribution in [3.63, 3.8) is 0 Å². The minimum atomic E-state index is 0.131. The van der Waals surface area contributed by atoms with Crippen LogP contribution < -0.4 is 0 Å². The molecule has 0 aliphatic rings. The van der Waals surface area contributed by atoms with Gasteiger partial charge in [0.1, 0.15) is 5.75 Å². The second kappa shape index (κ2) is 4.90. The third-order valence-corrected chi connectivity index (χ3v) is 1.90. The largest absolute Gasteiger partial charge is 0.508 e. The minimum absolute atomic E-state index is 0.131. The lowest BCUT2D eigenvalue weighted by molar-refractivity contribution is 0.303. The summed E-state index contributed by atoms with van der Waals surface area (Å²) in [6.07, 6.45) is 4.26. The third-order valence-electron chi connectivity index (χ3n) is 1.58. The third kappa shape index (κ3) is 3.09. The smallest absolute Gasteiger partial charge is 0.117 e. The second-order valence-corrected chi connectivity index (χ2v) is 3.03. The van der Waals surface area contributed by atoms with Gasteiger partial charge in [0.2, 0.25) is 0 Å². The number of phenolic OH excluding ortho intramolecular Hbond substituents is 1. The summed E-state index contributed by atoms with van der Waals surface area (Å²) in [6, 6.07) is 4.79. The van der Waals surface area contributed by atoms with Gasteiger partial charge in [0.15, 0.2) is 0 Å². The summed E-state index contributed by atoms with van der Waals surface area (Å²) in [6.45, 7) is 0.131. The predicted octanol–water partition coefficient (Wildman–Crippen LogP) is 2.44. The maximum Gasteiger partial charge on any atom is 0.117 e. The highest BCUT2D eigenvalue weighted by molar-refractivity contribution is 6.32. The van der Waals surface area contributed by atoms with Crippen molar-refractivity contribution in [3.05, 3.63) is 34.9 Å². The van der Waals surface area contributed by atoms with Crippen molar-refractivity contribution in [1.29, 1.82) is 0 Å². The van der Waals surface area contributed by atoms with Crippen molar-refractivity contribution in [1.82, 2.24) is 0 Å². The number of hydrogen-bond donors (Lipinski definition) is 2. The average molecular weight is 199 g/mol. The molecule has 0 fully saturated rings. The van der Waals surface area contributed by atoms with E-state index in [1.807, 2.05) is 12.2 Å². The Morgan fingerprint density at radius 2 is 2.15 bits per heavy atom. The molecular weight excluding hydrogens is 188 g/mol. The van der Waals surface area contributed by atoms with Crippen molar-refractivity contribution in [2.75, 3.05) is 6.61 Å². The number of benzene rings is 1. The monoisotopic (exact) mass is 198 g/mol. The molecule has 0 bridgehead atoms. The average Bonchev–Trinajstić information content (AvgIpc) is 2.09. The molecule has 0 saturated heterocycles. The van der Waals surface area contributed by atoms with Gasteiger partial charge in [0, 0.05) is 6.61 Å². The van der Waals surface area contributed by atoms with Crippen LogP contribution in [-0.4, -0.2) is 16.8 Å². The van der Waals surface area contributed by atoms with E-state index in [4.69, 9.17) is 21.8 Å². The topological polar surface area (TPSA) is 40.5 Å². The summed E-state index contributed by atoms with van der Waals surface area (Å²) < 4.78 is 0. The Labute approximate surface area is 82.1 Å². The van der Waals surface area contributed by atoms with Crippen LogP contribution >= 0.6 is 11.6 Å². The van der Waals surface area contributed by atoms with E-state index in [9.17, 15) is 0 Å². The molecule has 2 N–H and O–H groups in total. The Morgan fingerprint density at radius 3 is 2.77 bits per heavy atom. The summed E-state index contributed by atoms with van der Waals surface area (Å²) in [4.78, 5) is 0. The van der Waals surface area contributed by atoms with Gasteiger partial charge in [-0.05, 0) is 30.2 Å². The molecule has 0 heterocycles. The van der Waals surface area contributed by atoms with E-state index >= 15 is 0 Å². The molecule has 1 aromatic carbocycles. The van der Waals surface area contributed by atoms with Crippen LogP contribution in [0.15, 0.2) is 24.3 Å². The standard InChI is InChI=1S/C10H11ClO2/c11-10-7-9(13)5-4-8(10)3-1-2-6-12/h1,3-5,7,12-13H,2,6H2. The van der Waals surface area contributed by atoms with Crippen molar-refractivity contribution in [3.8, 4) is 5.75 Å². The predicted molar refractivity (Wildman–Crippen MR) is 53.9 cm³/mol. The molecule has 0 spiro atoms. The molecule has 0 saturated carbocycles. The van der Waals surface area contributed by atoms with Gasteiger partial charge < -0.3 is 10.2 Å². The van der Waals surface area contributed by atoms with Gasteiger partial charge in [-0.3, -0.25) is 0 Å². The van der Waals surface area contributed by atoms with Gasteiger partial charge in [-0.15, -0.1) is 0 Å². The molecule has 3 heteroatoms. The van der Waals surface area contributed by atoms with Crippen molar-refractivity contribution in [2.24, 2.45) is 0 Å². The van der Waals surface area contributed by atoms with Gasteiger partial charge in [-0.25, -0.2) is 0 Å². The number of aromatic hydroxyl groups is 1. The molecule has 0 atom stereocenters. The highest BCUT2D eigenvalue weighted by Gasteiger charge is 1.96. The lowest BCUT2D eigenvalue weighted by Gasteiger charge is -1.98. The Bertz CT molecular complexity index is 308. The summed E-state index contributed by atoms with van der Waals surface area (Å²) in [5.74, 6) is 0.157. The molecule has 1 aromatic rings. The maximum atomic E-state index is 9.06. The van der Waals surface area contributed by atoms with E-state index < -0.39 is 0 Å². The van der Waals surface area contributed by atoms with E-state index in [-0.39, 0.29) is 12.4 Å². The number of phenols is 1. The fourth-order valence-corrected chi connectivity index (χ4v) is 1.17. The number of halogens is 1. The van der Waals surface area contributed by atoms with Crippen LogP contribution in [-0.2, 0) is 0 Å². The van der Waals surface area contributed by atoms with Crippen molar-refractivity contribution >= 4 is 17.7 Å². The van der Waals surface area contributed by atoms with Crippen LogP contribution in [0.2, 0.25) is 5.02 Å². The van der Waals surface area contributed by atoms with Crippen LogP contribution in [0.25, 0.3) is 6.08 Å². The van der Waals surface area contributed by atoms with Crippen molar-refractivity contribution in [2.45, 2.75) is 6.42 Å². The molecule has 0 aliphatic heterocycles. The summed E-state index contributed by atoms with van der Waals surface area (Å²) in [7, 11) is 0. The van der Waals surface area contributed by atoms with Crippen LogP contribution in [0.1, 0.15) is 12.0 Å². The number of rotatable bonds is 3. The molecule has 2 nitrogen and oxygen atoms in total. The van der Waals surface area contributed by atoms with Gasteiger partial charge in [-0.2, -0.15) is 0 Å². The summed E-state index contributed by atoms with van der Waals surface area (Å²) >= 11 is 5.83. The van der Waals surface area contributed by atoms with Gasteiger partial charge >= 0.3 is 0 Å². The summed E-state index contributed by atoms with van der Waals surface area (Å²) in [5, 5.41) is 18.1.